The lowest BCUT2D eigenvalue weighted by molar-refractivity contribution is 0.332. The monoisotopic (exact) mass is 1220 g/mol. The third-order valence-electron chi connectivity index (χ3n) is 24.4. The van der Waals surface area contributed by atoms with Gasteiger partial charge in [-0.15, -0.1) is 0 Å². The second-order valence-corrected chi connectivity index (χ2v) is 37.2. The predicted octanol–water partition coefficient (Wildman–Crippen LogP) is 22.8. The summed E-state index contributed by atoms with van der Waals surface area (Å²) in [5, 5.41) is 0. The van der Waals surface area contributed by atoms with E-state index in [0.29, 0.717) is 0 Å². The number of nitrogens with zero attached hydrogens (tertiary/aromatic N) is 3. The summed E-state index contributed by atoms with van der Waals surface area (Å²) in [7, 11) is 0. The molecular formula is C88H106BN3. The molecule has 0 N–H and O–H groups in total. The molecule has 0 saturated heterocycles. The lowest BCUT2D eigenvalue weighted by Gasteiger charge is -2.49. The van der Waals surface area contributed by atoms with E-state index in [1.165, 1.54) is 141 Å². The molecule has 0 bridgehead atoms. The van der Waals surface area contributed by atoms with Gasteiger partial charge in [-0.25, -0.2) is 0 Å². The molecule has 92 heavy (non-hydrogen) atoms. The molecule has 4 heteroatoms. The first kappa shape index (κ1) is 62.7. The van der Waals surface area contributed by atoms with Gasteiger partial charge in [-0.1, -0.05) is 226 Å². The van der Waals surface area contributed by atoms with Gasteiger partial charge in [0.05, 0.1) is 5.69 Å². The van der Waals surface area contributed by atoms with Crippen molar-refractivity contribution in [1.82, 2.24) is 0 Å². The fourth-order valence-corrected chi connectivity index (χ4v) is 17.8. The molecule has 0 radical (unpaired) electrons. The summed E-state index contributed by atoms with van der Waals surface area (Å²) in [6.45, 7) is 58.5. The van der Waals surface area contributed by atoms with Crippen LogP contribution in [0.25, 0.3) is 11.1 Å². The molecule has 0 aromatic heterocycles. The van der Waals surface area contributed by atoms with Gasteiger partial charge in [-0.3, -0.25) is 0 Å². The van der Waals surface area contributed by atoms with Crippen LogP contribution in [0, 0.1) is 6.92 Å². The normalized spacial score (nSPS) is 19.6. The molecule has 14 rings (SSSR count). The molecule has 0 fully saturated rings. The maximum Gasteiger partial charge on any atom is 0.252 e. The highest BCUT2D eigenvalue weighted by Gasteiger charge is 2.50. The Balaban J connectivity index is 1.17. The lowest BCUT2D eigenvalue weighted by Crippen LogP contribution is -2.62. The fraction of sp³-hybridized carbons (Fsp3) is 0.455. The molecule has 2 aliphatic heterocycles. The highest BCUT2D eigenvalue weighted by atomic mass is 15.2. The molecular weight excluding hydrogens is 1110 g/mol. The van der Waals surface area contributed by atoms with Gasteiger partial charge in [-0.05, 0) is 255 Å². The van der Waals surface area contributed by atoms with Gasteiger partial charge >= 0.3 is 0 Å². The number of benzene rings is 8. The maximum atomic E-state index is 2.80. The second-order valence-electron chi connectivity index (χ2n) is 37.2. The van der Waals surface area contributed by atoms with E-state index in [9.17, 15) is 0 Å². The predicted molar refractivity (Wildman–Crippen MR) is 399 cm³/mol. The number of aryl methyl sites for hydroxylation is 1. The van der Waals surface area contributed by atoms with Crippen LogP contribution in [-0.4, -0.2) is 6.71 Å². The van der Waals surface area contributed by atoms with Crippen molar-refractivity contribution in [2.45, 2.75) is 259 Å². The zero-order valence-corrected chi connectivity index (χ0v) is 60.9. The Morgan fingerprint density at radius 1 is 0.326 bits per heavy atom. The van der Waals surface area contributed by atoms with Crippen LogP contribution in [0.5, 0.6) is 0 Å². The lowest BCUT2D eigenvalue weighted by atomic mass is 9.33. The van der Waals surface area contributed by atoms with E-state index in [1.54, 1.807) is 0 Å². The van der Waals surface area contributed by atoms with Crippen LogP contribution in [0.1, 0.15) is 265 Å². The van der Waals surface area contributed by atoms with Crippen molar-refractivity contribution in [2.75, 3.05) is 14.7 Å². The maximum absolute atomic E-state index is 2.80. The minimum Gasteiger partial charge on any atom is -0.311 e. The number of anilines is 9. The molecule has 0 amide bonds. The van der Waals surface area contributed by atoms with Crippen LogP contribution in [0.4, 0.5) is 51.2 Å². The van der Waals surface area contributed by atoms with Crippen molar-refractivity contribution < 1.29 is 0 Å². The van der Waals surface area contributed by atoms with E-state index in [1.807, 2.05) is 0 Å². The van der Waals surface area contributed by atoms with Crippen LogP contribution < -0.4 is 31.1 Å². The van der Waals surface area contributed by atoms with Gasteiger partial charge in [0.1, 0.15) is 0 Å². The molecule has 0 spiro atoms. The summed E-state index contributed by atoms with van der Waals surface area (Å²) in [6, 6.07) is 55.7. The Morgan fingerprint density at radius 2 is 0.707 bits per heavy atom. The summed E-state index contributed by atoms with van der Waals surface area (Å²) in [5.41, 5.74) is 34.9. The average molecular weight is 1220 g/mol. The first-order chi connectivity index (χ1) is 42.6. The minimum absolute atomic E-state index is 0.000247. The first-order valence-electron chi connectivity index (χ1n) is 35.2. The van der Waals surface area contributed by atoms with Crippen molar-refractivity contribution in [1.29, 1.82) is 0 Å². The van der Waals surface area contributed by atoms with Crippen molar-refractivity contribution >= 4 is 74.3 Å². The molecule has 8 aromatic rings. The van der Waals surface area contributed by atoms with Crippen LogP contribution in [-0.2, 0) is 54.1 Å². The van der Waals surface area contributed by atoms with Crippen molar-refractivity contribution in [2.24, 2.45) is 0 Å². The van der Waals surface area contributed by atoms with Gasteiger partial charge in [0.2, 0.25) is 0 Å². The third-order valence-corrected chi connectivity index (χ3v) is 24.4. The van der Waals surface area contributed by atoms with Crippen molar-refractivity contribution in [3.8, 4) is 11.1 Å². The molecule has 2 heterocycles. The van der Waals surface area contributed by atoms with E-state index >= 15 is 0 Å². The van der Waals surface area contributed by atoms with Crippen LogP contribution in [0.3, 0.4) is 0 Å². The highest BCUT2D eigenvalue weighted by molar-refractivity contribution is 7.00. The van der Waals surface area contributed by atoms with Gasteiger partial charge in [0, 0.05) is 50.9 Å². The number of hydrogen-bond acceptors (Lipinski definition) is 3. The molecule has 4 aliphatic carbocycles. The second kappa shape index (κ2) is 19.9. The summed E-state index contributed by atoms with van der Waals surface area (Å²) in [6.07, 6.45) is 6.92. The van der Waals surface area contributed by atoms with E-state index < -0.39 is 0 Å². The summed E-state index contributed by atoms with van der Waals surface area (Å²) in [4.78, 5) is 8.17. The van der Waals surface area contributed by atoms with Crippen molar-refractivity contribution in [3.63, 3.8) is 0 Å². The minimum atomic E-state index is -0.244. The topological polar surface area (TPSA) is 9.72 Å². The van der Waals surface area contributed by atoms with Crippen molar-refractivity contribution in [3.05, 3.63) is 200 Å². The van der Waals surface area contributed by atoms with Gasteiger partial charge in [0.15, 0.2) is 0 Å². The fourth-order valence-electron chi connectivity index (χ4n) is 17.8. The first-order valence-corrected chi connectivity index (χ1v) is 35.2. The van der Waals surface area contributed by atoms with E-state index in [4.69, 9.17) is 0 Å². The summed E-state index contributed by atoms with van der Waals surface area (Å²) >= 11 is 0. The summed E-state index contributed by atoms with van der Waals surface area (Å²) in [5.74, 6) is 0. The largest absolute Gasteiger partial charge is 0.311 e. The zero-order valence-electron chi connectivity index (χ0n) is 60.9. The third kappa shape index (κ3) is 9.59. The smallest absolute Gasteiger partial charge is 0.252 e. The molecule has 0 atom stereocenters. The molecule has 0 saturated carbocycles. The van der Waals surface area contributed by atoms with Gasteiger partial charge in [0.25, 0.3) is 6.71 Å². The van der Waals surface area contributed by atoms with E-state index in [0.717, 1.165) is 42.7 Å². The quantitative estimate of drug-likeness (QED) is 0.159. The molecule has 6 aliphatic rings. The Kier molecular flexibility index (Phi) is 13.6. The molecule has 3 nitrogen and oxygen atoms in total. The zero-order chi connectivity index (χ0) is 66.1. The standard InChI is InChI=1S/C88H106BN3/c1-53-43-66-69(86(19,20)41-39-83(66,13)14)51-73(53)92-75-50-65-62(61-44-56(81(8,9)10)29-35-63(61)88(65,23)24)48-71(75)89-72-49-68-70(87(21,22)42-40-85(68,17)18)52-74(72)91(59-34-36-64-67(45-59)84(15,16)38-37-82(64,11)12)76-46-60(47-77(92)78(76)89)90(57-30-25-54(26-31-57)79(2,3)4)58-32-27-55(28-33-58)80(5,6)7/h25-36,43-52H,37-42H2,1-24H3. The Hall–Kier alpha value is -6.78. The molecule has 476 valence electrons. The number of fused-ring (bicyclic) bond motifs is 10. The van der Waals surface area contributed by atoms with Gasteiger partial charge < -0.3 is 14.7 Å². The van der Waals surface area contributed by atoms with E-state index in [2.05, 4.69) is 314 Å². The van der Waals surface area contributed by atoms with Gasteiger partial charge in [-0.2, -0.15) is 0 Å². The molecule has 0 unspecified atom stereocenters. The number of hydrogen-bond donors (Lipinski definition) is 0. The van der Waals surface area contributed by atoms with Crippen LogP contribution in [0.15, 0.2) is 133 Å². The van der Waals surface area contributed by atoms with Crippen LogP contribution in [0.2, 0.25) is 0 Å². The Labute approximate surface area is 555 Å². The Morgan fingerprint density at radius 3 is 1.21 bits per heavy atom. The molecule has 8 aromatic carbocycles. The number of rotatable bonds is 5. The highest BCUT2D eigenvalue weighted by Crippen LogP contribution is 2.58. The van der Waals surface area contributed by atoms with E-state index in [-0.39, 0.29) is 60.9 Å². The SMILES string of the molecule is Cc1cc2c(cc1N1c3cc4c(cc3B3c5cc6c(cc5N(c5ccc7c(c5)C(C)(C)CCC7(C)C)c5cc(N(c7ccc(C(C)(C)C)cc7)c7ccc(C(C)(C)C)cc7)cc1c53)C(C)(C)CCC6(C)C)-c1cc(C(C)(C)C)ccc1C4(C)C)C(C)(C)CCC2(C)C. The Bertz CT molecular complexity index is 4320. The average Bonchev–Trinajstić information content (AvgIpc) is 0.983. The van der Waals surface area contributed by atoms with Crippen LogP contribution >= 0.6 is 0 Å². The summed E-state index contributed by atoms with van der Waals surface area (Å²) < 4.78 is 0.